The fraction of sp³-hybridized carbons (Fsp3) is 0.250. The zero-order valence-electron chi connectivity index (χ0n) is 18.5. The van der Waals surface area contributed by atoms with Crippen molar-refractivity contribution in [1.29, 1.82) is 0 Å². The molecule has 0 aliphatic carbocycles. The molecule has 3 aromatic carbocycles. The molecule has 0 spiro atoms. The highest BCUT2D eigenvalue weighted by Crippen LogP contribution is 2.43. The Labute approximate surface area is 188 Å². The van der Waals surface area contributed by atoms with Gasteiger partial charge in [-0.05, 0) is 41.3 Å². The first-order chi connectivity index (χ1) is 15.7. The Morgan fingerprint density at radius 1 is 1.03 bits per heavy atom. The number of carbonyl (C=O) groups excluding carboxylic acids is 1. The molecular weight excluding hydrogens is 396 g/mol. The van der Waals surface area contributed by atoms with Gasteiger partial charge in [0, 0.05) is 41.6 Å². The number of fused-ring (bicyclic) bond motifs is 1. The third-order valence-corrected chi connectivity index (χ3v) is 6.73. The molecule has 1 saturated heterocycles. The number of hydrogen-bond acceptors (Lipinski definition) is 3. The fourth-order valence-corrected chi connectivity index (χ4v) is 4.85. The summed E-state index contributed by atoms with van der Waals surface area (Å²) in [5, 5.41) is 1.31. The van der Waals surface area contributed by atoms with Gasteiger partial charge in [0.2, 0.25) is 0 Å². The zero-order chi connectivity index (χ0) is 22.1. The highest BCUT2D eigenvalue weighted by Gasteiger charge is 2.34. The molecule has 0 radical (unpaired) electrons. The summed E-state index contributed by atoms with van der Waals surface area (Å²) in [5.41, 5.74) is 6.96. The number of H-pyrrole nitrogens is 1. The van der Waals surface area contributed by atoms with E-state index in [0.29, 0.717) is 11.6 Å². The predicted octanol–water partition coefficient (Wildman–Crippen LogP) is 6.05. The van der Waals surface area contributed by atoms with Crippen LogP contribution in [0.1, 0.15) is 58.0 Å². The molecule has 1 aliphatic rings. The Hall–Kier alpha value is -3.37. The number of para-hydroxylation sites is 1. The van der Waals surface area contributed by atoms with Crippen molar-refractivity contribution in [2.45, 2.75) is 31.8 Å². The van der Waals surface area contributed by atoms with Gasteiger partial charge in [-0.25, -0.2) is 4.79 Å². The van der Waals surface area contributed by atoms with E-state index in [2.05, 4.69) is 71.4 Å². The lowest BCUT2D eigenvalue weighted by Gasteiger charge is -2.42. The van der Waals surface area contributed by atoms with Gasteiger partial charge in [0.05, 0.1) is 12.7 Å². The van der Waals surface area contributed by atoms with Crippen molar-refractivity contribution in [2.24, 2.45) is 0 Å². The van der Waals surface area contributed by atoms with Gasteiger partial charge < -0.3 is 9.72 Å². The van der Waals surface area contributed by atoms with Crippen LogP contribution in [-0.4, -0.2) is 29.5 Å². The first-order valence-electron chi connectivity index (χ1n) is 11.2. The van der Waals surface area contributed by atoms with E-state index in [1.807, 2.05) is 24.3 Å². The van der Waals surface area contributed by atoms with Crippen LogP contribution < -0.4 is 0 Å². The maximum atomic E-state index is 11.8. The molecule has 5 rings (SSSR count). The lowest BCUT2D eigenvalue weighted by Crippen LogP contribution is -2.40. The van der Waals surface area contributed by atoms with E-state index >= 15 is 0 Å². The average molecular weight is 425 g/mol. The summed E-state index contributed by atoms with van der Waals surface area (Å²) in [6.45, 7) is 4.31. The Kier molecular flexibility index (Phi) is 5.54. The summed E-state index contributed by atoms with van der Waals surface area (Å²) in [6, 6.07) is 27.5. The summed E-state index contributed by atoms with van der Waals surface area (Å²) >= 11 is 0. The molecule has 4 heteroatoms. The summed E-state index contributed by atoms with van der Waals surface area (Å²) in [4.78, 5) is 18.1. The van der Waals surface area contributed by atoms with Gasteiger partial charge in [-0.2, -0.15) is 0 Å². The van der Waals surface area contributed by atoms with E-state index in [1.54, 1.807) is 0 Å². The second kappa shape index (κ2) is 8.64. The van der Waals surface area contributed by atoms with E-state index in [9.17, 15) is 4.79 Å². The van der Waals surface area contributed by atoms with Crippen LogP contribution in [0.15, 0.2) is 78.9 Å². The average Bonchev–Trinajstić information content (AvgIpc) is 3.20. The first-order valence-corrected chi connectivity index (χ1v) is 11.2. The summed E-state index contributed by atoms with van der Waals surface area (Å²) < 4.78 is 4.84. The lowest BCUT2D eigenvalue weighted by molar-refractivity contribution is 0.0600. The van der Waals surface area contributed by atoms with E-state index in [1.165, 1.54) is 40.4 Å². The zero-order valence-corrected chi connectivity index (χ0v) is 18.5. The molecule has 4 nitrogen and oxygen atoms in total. The molecule has 4 aromatic rings. The van der Waals surface area contributed by atoms with Crippen LogP contribution in [0.3, 0.4) is 0 Å². The molecule has 0 bridgehead atoms. The third kappa shape index (κ3) is 3.71. The molecule has 1 aliphatic heterocycles. The number of likely N-dealkylation sites (tertiary alicyclic amines) is 1. The highest BCUT2D eigenvalue weighted by molar-refractivity contribution is 5.89. The minimum atomic E-state index is -0.304. The van der Waals surface area contributed by atoms with Crippen LogP contribution in [0.2, 0.25) is 0 Å². The standard InChI is InChI=1S/C28H28N2O2/c1-19(21-12-14-22(15-13-21)28(31)32-2)27-26(23-10-6-7-11-24(23)29-27)25-16-17-30(25)18-20-8-4-3-5-9-20/h3-15,19,25,29H,16-18H2,1-2H3/t19-,25?/m0/s1. The minimum Gasteiger partial charge on any atom is -0.465 e. The lowest BCUT2D eigenvalue weighted by atomic mass is 9.86. The van der Waals surface area contributed by atoms with Crippen LogP contribution in [0, 0.1) is 0 Å². The highest BCUT2D eigenvalue weighted by atomic mass is 16.5. The fourth-order valence-electron chi connectivity index (χ4n) is 4.85. The Balaban J connectivity index is 1.50. The molecule has 1 unspecified atom stereocenters. The minimum absolute atomic E-state index is 0.184. The van der Waals surface area contributed by atoms with Crippen LogP contribution in [0.4, 0.5) is 0 Å². The topological polar surface area (TPSA) is 45.3 Å². The van der Waals surface area contributed by atoms with Crippen molar-refractivity contribution < 1.29 is 9.53 Å². The number of methoxy groups -OCH3 is 1. The van der Waals surface area contributed by atoms with Crippen molar-refractivity contribution >= 4 is 16.9 Å². The molecule has 0 saturated carbocycles. The number of benzene rings is 3. The van der Waals surface area contributed by atoms with Crippen LogP contribution in [0.25, 0.3) is 10.9 Å². The van der Waals surface area contributed by atoms with E-state index in [4.69, 9.17) is 4.74 Å². The quantitative estimate of drug-likeness (QED) is 0.383. The first kappa shape index (κ1) is 20.5. The molecule has 0 amide bonds. The maximum absolute atomic E-state index is 11.8. The van der Waals surface area contributed by atoms with Gasteiger partial charge in [0.1, 0.15) is 0 Å². The largest absolute Gasteiger partial charge is 0.465 e. The van der Waals surface area contributed by atoms with Crippen molar-refractivity contribution in [2.75, 3.05) is 13.7 Å². The van der Waals surface area contributed by atoms with Crippen LogP contribution >= 0.6 is 0 Å². The van der Waals surface area contributed by atoms with Crippen molar-refractivity contribution in [1.82, 2.24) is 9.88 Å². The number of esters is 1. The normalized spacial score (nSPS) is 17.1. The second-order valence-electron chi connectivity index (χ2n) is 8.59. The van der Waals surface area contributed by atoms with Gasteiger partial charge in [0.25, 0.3) is 0 Å². The maximum Gasteiger partial charge on any atom is 0.337 e. The predicted molar refractivity (Wildman–Crippen MR) is 128 cm³/mol. The second-order valence-corrected chi connectivity index (χ2v) is 8.59. The number of aromatic amines is 1. The summed E-state index contributed by atoms with van der Waals surface area (Å²) in [7, 11) is 1.41. The van der Waals surface area contributed by atoms with Crippen molar-refractivity contribution in [3.05, 3.63) is 107 Å². The molecule has 32 heavy (non-hydrogen) atoms. The number of aromatic nitrogens is 1. The number of nitrogens with one attached hydrogen (secondary N) is 1. The smallest absolute Gasteiger partial charge is 0.337 e. The Morgan fingerprint density at radius 2 is 1.75 bits per heavy atom. The summed E-state index contributed by atoms with van der Waals surface area (Å²) in [6.07, 6.45) is 1.16. The van der Waals surface area contributed by atoms with Gasteiger partial charge in [-0.3, -0.25) is 4.90 Å². The molecule has 2 atom stereocenters. The number of hydrogen-bond donors (Lipinski definition) is 1. The molecule has 162 valence electrons. The van der Waals surface area contributed by atoms with E-state index in [-0.39, 0.29) is 11.9 Å². The number of nitrogens with zero attached hydrogens (tertiary/aromatic N) is 1. The SMILES string of the molecule is COC(=O)c1ccc([C@H](C)c2[nH]c3ccccc3c2C2CCN2Cc2ccccc2)cc1. The molecular formula is C28H28N2O2. The third-order valence-electron chi connectivity index (χ3n) is 6.73. The van der Waals surface area contributed by atoms with Crippen molar-refractivity contribution in [3.63, 3.8) is 0 Å². The van der Waals surface area contributed by atoms with Crippen LogP contribution in [-0.2, 0) is 11.3 Å². The van der Waals surface area contributed by atoms with Gasteiger partial charge in [0.15, 0.2) is 0 Å². The van der Waals surface area contributed by atoms with Crippen LogP contribution in [0.5, 0.6) is 0 Å². The van der Waals surface area contributed by atoms with E-state index < -0.39 is 0 Å². The molecule has 1 fully saturated rings. The monoisotopic (exact) mass is 424 g/mol. The van der Waals surface area contributed by atoms with Gasteiger partial charge >= 0.3 is 5.97 Å². The van der Waals surface area contributed by atoms with Gasteiger partial charge in [-0.1, -0.05) is 67.6 Å². The molecule has 2 heterocycles. The number of carbonyl (C=O) groups is 1. The number of rotatable bonds is 6. The Morgan fingerprint density at radius 3 is 2.44 bits per heavy atom. The molecule has 1 N–H and O–H groups in total. The summed E-state index contributed by atoms with van der Waals surface area (Å²) in [5.74, 6) is -0.121. The Bertz CT molecular complexity index is 1230. The van der Waals surface area contributed by atoms with E-state index in [0.717, 1.165) is 19.5 Å². The van der Waals surface area contributed by atoms with Crippen molar-refractivity contribution in [3.8, 4) is 0 Å². The van der Waals surface area contributed by atoms with Gasteiger partial charge in [-0.15, -0.1) is 0 Å². The molecule has 1 aromatic heterocycles. The number of ether oxygens (including phenoxy) is 1.